The third kappa shape index (κ3) is 5.02. The van der Waals surface area contributed by atoms with E-state index in [0.717, 1.165) is 11.3 Å². The van der Waals surface area contributed by atoms with E-state index in [-0.39, 0.29) is 16.6 Å². The Balaban J connectivity index is 1.42. The van der Waals surface area contributed by atoms with Crippen LogP contribution in [0.15, 0.2) is 39.7 Å². The van der Waals surface area contributed by atoms with Gasteiger partial charge in [-0.1, -0.05) is 11.8 Å². The molecule has 1 aliphatic rings. The van der Waals surface area contributed by atoms with Gasteiger partial charge in [0.2, 0.25) is 15.9 Å². The van der Waals surface area contributed by atoms with Crippen molar-refractivity contribution in [1.29, 1.82) is 0 Å². The van der Waals surface area contributed by atoms with Crippen molar-refractivity contribution < 1.29 is 17.9 Å². The molecular weight excluding hydrogens is 472 g/mol. The Labute approximate surface area is 194 Å². The SMILES string of the molecule is Cc1csc(NC(=O)CSc2nnc(-c3ccc(S(=O)(=O)N4CCOCC4)cc3)n2C)n1. The number of benzene rings is 1. The Bertz CT molecular complexity index is 1200. The summed E-state index contributed by atoms with van der Waals surface area (Å²) in [5.74, 6) is 0.576. The summed E-state index contributed by atoms with van der Waals surface area (Å²) in [5, 5.41) is 14.1. The van der Waals surface area contributed by atoms with Crippen LogP contribution in [0.25, 0.3) is 11.4 Å². The van der Waals surface area contributed by atoms with Gasteiger partial charge in [0.05, 0.1) is 29.6 Å². The summed E-state index contributed by atoms with van der Waals surface area (Å²) in [4.78, 5) is 16.6. The molecule has 4 rings (SSSR count). The molecule has 1 fully saturated rings. The van der Waals surface area contributed by atoms with Crippen LogP contribution in [-0.4, -0.2) is 70.4 Å². The molecule has 10 nitrogen and oxygen atoms in total. The largest absolute Gasteiger partial charge is 0.379 e. The maximum Gasteiger partial charge on any atom is 0.243 e. The lowest BCUT2D eigenvalue weighted by Crippen LogP contribution is -2.40. The number of amides is 1. The van der Waals surface area contributed by atoms with Gasteiger partial charge in [-0.2, -0.15) is 4.31 Å². The van der Waals surface area contributed by atoms with Crippen LogP contribution in [0, 0.1) is 6.92 Å². The van der Waals surface area contributed by atoms with Gasteiger partial charge in [-0.15, -0.1) is 21.5 Å². The van der Waals surface area contributed by atoms with Crippen LogP contribution in [0.4, 0.5) is 5.13 Å². The normalized spacial score (nSPS) is 15.1. The average Bonchev–Trinajstić information content (AvgIpc) is 3.37. The fraction of sp³-hybridized carbons (Fsp3) is 0.368. The van der Waals surface area contributed by atoms with Crippen molar-refractivity contribution in [3.05, 3.63) is 35.3 Å². The Hall–Kier alpha value is -2.32. The van der Waals surface area contributed by atoms with Crippen molar-refractivity contribution in [2.24, 2.45) is 7.05 Å². The number of aromatic nitrogens is 4. The quantitative estimate of drug-likeness (QED) is 0.496. The van der Waals surface area contributed by atoms with Crippen molar-refractivity contribution in [3.63, 3.8) is 0 Å². The Morgan fingerprint density at radius 1 is 1.22 bits per heavy atom. The summed E-state index contributed by atoms with van der Waals surface area (Å²) >= 11 is 2.64. The first kappa shape index (κ1) is 22.9. The number of nitrogens with zero attached hydrogens (tertiary/aromatic N) is 5. The second-order valence-electron chi connectivity index (χ2n) is 7.04. The van der Waals surface area contributed by atoms with Gasteiger partial charge >= 0.3 is 0 Å². The standard InChI is InChI=1S/C19H22N6O4S3/c1-13-11-30-18(20-13)21-16(26)12-31-19-23-22-17(24(19)2)14-3-5-15(6-4-14)32(27,28)25-7-9-29-10-8-25/h3-6,11H,7-10,12H2,1-2H3,(H,20,21,26). The summed E-state index contributed by atoms with van der Waals surface area (Å²) in [7, 11) is -1.75. The zero-order valence-corrected chi connectivity index (χ0v) is 20.0. The van der Waals surface area contributed by atoms with Crippen LogP contribution in [-0.2, 0) is 26.6 Å². The molecule has 0 saturated carbocycles. The van der Waals surface area contributed by atoms with E-state index in [9.17, 15) is 13.2 Å². The van der Waals surface area contributed by atoms with Gasteiger partial charge < -0.3 is 14.6 Å². The monoisotopic (exact) mass is 494 g/mol. The number of rotatable bonds is 7. The molecule has 2 aromatic heterocycles. The lowest BCUT2D eigenvalue weighted by atomic mass is 10.2. The predicted octanol–water partition coefficient (Wildman–Crippen LogP) is 2.00. The number of sulfonamides is 1. The van der Waals surface area contributed by atoms with Crippen LogP contribution in [0.3, 0.4) is 0 Å². The van der Waals surface area contributed by atoms with E-state index in [1.165, 1.54) is 27.4 Å². The molecule has 1 amide bonds. The van der Waals surface area contributed by atoms with Crippen LogP contribution < -0.4 is 5.32 Å². The molecular formula is C19H22N6O4S3. The van der Waals surface area contributed by atoms with E-state index in [2.05, 4.69) is 20.5 Å². The van der Waals surface area contributed by atoms with Crippen molar-refractivity contribution in [3.8, 4) is 11.4 Å². The Kier molecular flexibility index (Phi) is 6.90. The lowest BCUT2D eigenvalue weighted by molar-refractivity contribution is -0.113. The van der Waals surface area contributed by atoms with Gasteiger partial charge in [-0.3, -0.25) is 4.79 Å². The molecule has 0 unspecified atom stereocenters. The molecule has 1 saturated heterocycles. The number of carbonyl (C=O) groups excluding carboxylic acids is 1. The Morgan fingerprint density at radius 2 is 1.94 bits per heavy atom. The average molecular weight is 495 g/mol. The first-order valence-electron chi connectivity index (χ1n) is 9.77. The van der Waals surface area contributed by atoms with Crippen molar-refractivity contribution in [2.75, 3.05) is 37.4 Å². The predicted molar refractivity (Wildman–Crippen MR) is 122 cm³/mol. The number of ether oxygens (including phenoxy) is 1. The highest BCUT2D eigenvalue weighted by atomic mass is 32.2. The van der Waals surface area contributed by atoms with Crippen molar-refractivity contribution >= 4 is 44.2 Å². The highest BCUT2D eigenvalue weighted by Gasteiger charge is 2.26. The van der Waals surface area contributed by atoms with Crippen LogP contribution in [0.5, 0.6) is 0 Å². The summed E-state index contributed by atoms with van der Waals surface area (Å²) in [5.41, 5.74) is 1.59. The summed E-state index contributed by atoms with van der Waals surface area (Å²) in [6, 6.07) is 6.57. The summed E-state index contributed by atoms with van der Waals surface area (Å²) < 4.78 is 34.0. The number of aryl methyl sites for hydroxylation is 1. The molecule has 0 bridgehead atoms. The lowest BCUT2D eigenvalue weighted by Gasteiger charge is -2.26. The van der Waals surface area contributed by atoms with Crippen LogP contribution in [0.1, 0.15) is 5.69 Å². The second kappa shape index (κ2) is 9.67. The molecule has 1 N–H and O–H groups in total. The van der Waals surface area contributed by atoms with Gasteiger partial charge in [-0.05, 0) is 31.2 Å². The fourth-order valence-corrected chi connectivity index (χ4v) is 5.92. The van der Waals surface area contributed by atoms with Crippen LogP contribution >= 0.6 is 23.1 Å². The summed E-state index contributed by atoms with van der Waals surface area (Å²) in [6.45, 7) is 3.37. The number of hydrogen-bond acceptors (Lipinski definition) is 9. The Morgan fingerprint density at radius 3 is 2.59 bits per heavy atom. The van der Waals surface area contributed by atoms with E-state index < -0.39 is 10.0 Å². The third-order valence-corrected chi connectivity index (χ3v) is 8.56. The fourth-order valence-electron chi connectivity index (χ4n) is 3.10. The minimum Gasteiger partial charge on any atom is -0.379 e. The van der Waals surface area contributed by atoms with E-state index in [1.54, 1.807) is 35.9 Å². The van der Waals surface area contributed by atoms with Crippen molar-refractivity contribution in [1.82, 2.24) is 24.1 Å². The number of thioether (sulfide) groups is 1. The van der Waals surface area contributed by atoms with Crippen LogP contribution in [0.2, 0.25) is 0 Å². The molecule has 3 aromatic rings. The van der Waals surface area contributed by atoms with Gasteiger partial charge in [0.25, 0.3) is 0 Å². The third-order valence-electron chi connectivity index (χ3n) is 4.75. The number of thiazole rings is 1. The number of nitrogens with one attached hydrogen (secondary N) is 1. The molecule has 0 atom stereocenters. The van der Waals surface area contributed by atoms with Crippen molar-refractivity contribution in [2.45, 2.75) is 17.0 Å². The van der Waals surface area contributed by atoms with E-state index in [4.69, 9.17) is 4.74 Å². The molecule has 13 heteroatoms. The zero-order chi connectivity index (χ0) is 22.7. The number of anilines is 1. The number of carbonyl (C=O) groups is 1. The van der Waals surface area contributed by atoms with E-state index >= 15 is 0 Å². The molecule has 0 radical (unpaired) electrons. The molecule has 0 spiro atoms. The smallest absolute Gasteiger partial charge is 0.243 e. The highest BCUT2D eigenvalue weighted by molar-refractivity contribution is 7.99. The molecule has 0 aliphatic carbocycles. The molecule has 3 heterocycles. The first-order chi connectivity index (χ1) is 15.3. The minimum absolute atomic E-state index is 0.168. The molecule has 32 heavy (non-hydrogen) atoms. The van der Waals surface area contributed by atoms with Gasteiger partial charge in [0.15, 0.2) is 16.1 Å². The molecule has 170 valence electrons. The first-order valence-corrected chi connectivity index (χ1v) is 13.1. The maximum absolute atomic E-state index is 12.8. The maximum atomic E-state index is 12.8. The second-order valence-corrected chi connectivity index (χ2v) is 10.8. The van der Waals surface area contributed by atoms with Gasteiger partial charge in [0, 0.05) is 31.1 Å². The molecule has 1 aromatic carbocycles. The topological polar surface area (TPSA) is 119 Å². The van der Waals surface area contributed by atoms with Gasteiger partial charge in [0.1, 0.15) is 0 Å². The molecule has 1 aliphatic heterocycles. The van der Waals surface area contributed by atoms with E-state index in [1.807, 2.05) is 12.3 Å². The summed E-state index contributed by atoms with van der Waals surface area (Å²) in [6.07, 6.45) is 0. The zero-order valence-electron chi connectivity index (χ0n) is 17.5. The number of hydrogen-bond donors (Lipinski definition) is 1. The number of morpholine rings is 1. The minimum atomic E-state index is -3.55. The highest BCUT2D eigenvalue weighted by Crippen LogP contribution is 2.25. The van der Waals surface area contributed by atoms with E-state index in [0.29, 0.717) is 42.4 Å². The van der Waals surface area contributed by atoms with Gasteiger partial charge in [-0.25, -0.2) is 13.4 Å².